The van der Waals surface area contributed by atoms with E-state index in [9.17, 15) is 40.3 Å². The van der Waals surface area contributed by atoms with Crippen LogP contribution >= 0.6 is 24.0 Å². The summed E-state index contributed by atoms with van der Waals surface area (Å²) in [6.07, 6.45) is -9.19. The number of ketones is 1. The lowest BCUT2D eigenvalue weighted by Gasteiger charge is -2.29. The fourth-order valence-electron chi connectivity index (χ4n) is 4.44. The van der Waals surface area contributed by atoms with Crippen LogP contribution in [-0.2, 0) is 17.1 Å². The summed E-state index contributed by atoms with van der Waals surface area (Å²) in [6.45, 7) is 3.45. The van der Waals surface area contributed by atoms with E-state index >= 15 is 0 Å². The number of amides is 1. The molecule has 1 saturated heterocycles. The molecule has 0 bridgehead atoms. The van der Waals surface area contributed by atoms with Gasteiger partial charge in [-0.2, -0.15) is 36.9 Å². The van der Waals surface area contributed by atoms with Crippen LogP contribution in [0.15, 0.2) is 59.5 Å². The zero-order valence-corrected chi connectivity index (χ0v) is 25.6. The van der Waals surface area contributed by atoms with Crippen molar-refractivity contribution in [1.29, 1.82) is 10.5 Å². The van der Waals surface area contributed by atoms with Crippen LogP contribution in [0.25, 0.3) is 0 Å². The number of aliphatic hydroxyl groups is 1. The first-order chi connectivity index (χ1) is 21.3. The third kappa shape index (κ3) is 7.31. The van der Waals surface area contributed by atoms with E-state index in [-0.39, 0.29) is 32.5 Å². The Morgan fingerprint density at radius 1 is 0.957 bits per heavy atom. The van der Waals surface area contributed by atoms with Gasteiger partial charge in [-0.05, 0) is 98.8 Å². The Bertz CT molecular complexity index is 1790. The number of hydrogen-bond acceptors (Lipinski definition) is 7. The lowest BCUT2D eigenvalue weighted by atomic mass is 10.0. The summed E-state index contributed by atoms with van der Waals surface area (Å²) in [7, 11) is 0. The van der Waals surface area contributed by atoms with Gasteiger partial charge in [0.15, 0.2) is 10.9 Å². The molecule has 0 atom stereocenters. The Labute approximate surface area is 267 Å². The summed E-state index contributed by atoms with van der Waals surface area (Å²) in [5.74, 6) is -2.33. The van der Waals surface area contributed by atoms with E-state index in [1.54, 1.807) is 5.40 Å². The second kappa shape index (κ2) is 13.5. The van der Waals surface area contributed by atoms with E-state index in [0.29, 0.717) is 11.8 Å². The molecule has 0 radical (unpaired) electrons. The minimum absolute atomic E-state index is 0.00357. The quantitative estimate of drug-likeness (QED) is 0.0976. The maximum atomic E-state index is 14.4. The molecule has 1 N–H and O–H groups in total. The zero-order valence-electron chi connectivity index (χ0n) is 23.9. The molecule has 4 rings (SSSR count). The van der Waals surface area contributed by atoms with E-state index in [1.807, 2.05) is 0 Å². The van der Waals surface area contributed by atoms with E-state index in [0.717, 1.165) is 35.2 Å². The molecule has 3 aromatic carbocycles. The summed E-state index contributed by atoms with van der Waals surface area (Å²) in [5.41, 5.74) is -3.93. The molecule has 1 fully saturated rings. The number of carbonyl (C=O) groups excluding carboxylic acids is 2. The smallest absolute Gasteiger partial charge is 0.388 e. The average molecular weight is 683 g/mol. The maximum absolute atomic E-state index is 14.4. The zero-order chi connectivity index (χ0) is 34.8. The minimum Gasteiger partial charge on any atom is -0.388 e. The lowest BCUT2D eigenvalue weighted by Crippen LogP contribution is -2.44. The Balaban J connectivity index is 0.000000322. The predicted molar refractivity (Wildman–Crippen MR) is 158 cm³/mol. The highest BCUT2D eigenvalue weighted by Gasteiger charge is 2.50. The molecular formula is C30H21F7N4O3S2. The van der Waals surface area contributed by atoms with Crippen molar-refractivity contribution in [3.8, 4) is 11.5 Å². The number of Topliss-reactive ketones (excluding diaryl/α,β-unsaturated/α-hetero) is 1. The second-order valence-corrected chi connectivity index (χ2v) is 11.3. The number of thiocarbonyl (C=S) groups is 1. The van der Waals surface area contributed by atoms with Crippen LogP contribution in [-0.4, -0.2) is 34.1 Å². The number of thiocyanates is 1. The molecule has 0 unspecified atom stereocenters. The summed E-state index contributed by atoms with van der Waals surface area (Å²) >= 11 is 6.01. The highest BCUT2D eigenvalue weighted by Crippen LogP contribution is 2.40. The van der Waals surface area contributed by atoms with Crippen molar-refractivity contribution >= 4 is 52.2 Å². The third-order valence-electron chi connectivity index (χ3n) is 6.69. The van der Waals surface area contributed by atoms with E-state index in [1.165, 1.54) is 56.0 Å². The molecule has 46 heavy (non-hydrogen) atoms. The summed E-state index contributed by atoms with van der Waals surface area (Å²) < 4.78 is 91.7. The first-order valence-electron chi connectivity index (χ1n) is 12.8. The second-order valence-electron chi connectivity index (χ2n) is 10.1. The molecular weight excluding hydrogens is 661 g/mol. The van der Waals surface area contributed by atoms with Crippen molar-refractivity contribution in [2.24, 2.45) is 0 Å². The predicted octanol–water partition coefficient (Wildman–Crippen LogP) is 7.39. The van der Waals surface area contributed by atoms with Gasteiger partial charge in [-0.15, -0.1) is 0 Å². The fraction of sp³-hybridized carbons (Fsp3) is 0.233. The Hall–Kier alpha value is -4.51. The van der Waals surface area contributed by atoms with Gasteiger partial charge in [-0.3, -0.25) is 14.5 Å². The molecule has 0 saturated carbocycles. The van der Waals surface area contributed by atoms with Gasteiger partial charge in [0, 0.05) is 10.6 Å². The first kappa shape index (κ1) is 36.0. The van der Waals surface area contributed by atoms with Gasteiger partial charge in [0.25, 0.3) is 5.91 Å². The van der Waals surface area contributed by atoms with Crippen molar-refractivity contribution < 1.29 is 45.4 Å². The van der Waals surface area contributed by atoms with Gasteiger partial charge in [-0.1, -0.05) is 6.07 Å². The number of aryl methyl sites for hydroxylation is 1. The Morgan fingerprint density at radius 2 is 1.57 bits per heavy atom. The lowest BCUT2D eigenvalue weighted by molar-refractivity contribution is -0.138. The van der Waals surface area contributed by atoms with Crippen molar-refractivity contribution in [3.63, 3.8) is 0 Å². The standard InChI is InChI=1S/C21H18F4N2O3S.C9H3F3N2S/c1-11-4-5-12(8-15(11)21(23,24)25)26-18(30)20(2,3)27(19(26)31)13-6-7-14(16(22)9-13)17(29)10-28;10-9(11,12)8-3-7(15-5-14)2-1-6(8)4-13/h4-9,28H,10H2,1-3H3;1-3H. The number of anilines is 2. The first-order valence-corrected chi connectivity index (χ1v) is 14.0. The monoisotopic (exact) mass is 682 g/mol. The number of halogens is 7. The molecule has 1 aliphatic heterocycles. The molecule has 1 aliphatic rings. The topological polar surface area (TPSA) is 108 Å². The summed E-state index contributed by atoms with van der Waals surface area (Å²) in [6, 6.07) is 11.6. The molecule has 0 aromatic heterocycles. The van der Waals surface area contributed by atoms with Gasteiger partial charge in [-0.25, -0.2) is 4.39 Å². The van der Waals surface area contributed by atoms with Crippen LogP contribution in [0.3, 0.4) is 0 Å². The number of nitrogens with zero attached hydrogens (tertiary/aromatic N) is 4. The number of carbonyl (C=O) groups is 2. The van der Waals surface area contributed by atoms with Gasteiger partial charge >= 0.3 is 12.4 Å². The number of rotatable bonds is 5. The largest absolute Gasteiger partial charge is 0.417 e. The maximum Gasteiger partial charge on any atom is 0.417 e. The molecule has 3 aromatic rings. The normalized spacial score (nSPS) is 14.4. The number of aliphatic hydroxyl groups excluding tert-OH is 1. The van der Waals surface area contributed by atoms with Crippen LogP contribution < -0.4 is 9.80 Å². The fourth-order valence-corrected chi connectivity index (χ4v) is 5.38. The van der Waals surface area contributed by atoms with Crippen LogP contribution in [0.1, 0.15) is 46.5 Å². The van der Waals surface area contributed by atoms with Gasteiger partial charge in [0.05, 0.1) is 34.0 Å². The number of nitriles is 2. The van der Waals surface area contributed by atoms with Crippen molar-refractivity contribution in [3.05, 3.63) is 88.2 Å². The Morgan fingerprint density at radius 3 is 2.09 bits per heavy atom. The third-order valence-corrected chi connectivity index (χ3v) is 7.63. The van der Waals surface area contributed by atoms with Gasteiger partial charge in [0.2, 0.25) is 0 Å². The molecule has 0 aliphatic carbocycles. The summed E-state index contributed by atoms with van der Waals surface area (Å²) in [5, 5.41) is 27.3. The number of benzene rings is 3. The molecule has 0 spiro atoms. The average Bonchev–Trinajstić information content (AvgIpc) is 3.15. The van der Waals surface area contributed by atoms with E-state index < -0.39 is 58.7 Å². The minimum atomic E-state index is -4.61. The van der Waals surface area contributed by atoms with Crippen LogP contribution in [0, 0.1) is 34.7 Å². The molecule has 16 heteroatoms. The Kier molecular flexibility index (Phi) is 10.5. The molecule has 240 valence electrons. The highest BCUT2D eigenvalue weighted by atomic mass is 32.2. The van der Waals surface area contributed by atoms with Gasteiger partial charge < -0.3 is 10.0 Å². The number of hydrogen-bond donors (Lipinski definition) is 1. The highest BCUT2D eigenvalue weighted by molar-refractivity contribution is 8.03. The van der Waals surface area contributed by atoms with Crippen LogP contribution in [0.5, 0.6) is 0 Å². The molecule has 1 heterocycles. The van der Waals surface area contributed by atoms with E-state index in [2.05, 4.69) is 0 Å². The van der Waals surface area contributed by atoms with Crippen LogP contribution in [0.2, 0.25) is 0 Å². The number of alkyl halides is 6. The van der Waals surface area contributed by atoms with Crippen molar-refractivity contribution in [1.82, 2.24) is 0 Å². The molecule has 7 nitrogen and oxygen atoms in total. The number of thioether (sulfide) groups is 1. The van der Waals surface area contributed by atoms with Crippen molar-refractivity contribution in [2.75, 3.05) is 16.4 Å². The molecule has 1 amide bonds. The van der Waals surface area contributed by atoms with Gasteiger partial charge in [0.1, 0.15) is 23.4 Å². The van der Waals surface area contributed by atoms with Crippen LogP contribution in [0.4, 0.5) is 42.1 Å². The van der Waals surface area contributed by atoms with Crippen molar-refractivity contribution in [2.45, 2.75) is 43.6 Å². The van der Waals surface area contributed by atoms with E-state index in [4.69, 9.17) is 27.8 Å². The summed E-state index contributed by atoms with van der Waals surface area (Å²) in [4.78, 5) is 27.2. The SMILES string of the molecule is Cc1ccc(N2C(=O)C(C)(C)N(c3ccc(C(=O)CO)c(F)c3)C2=S)cc1C(F)(F)F.N#CSc1ccc(C#N)c(C(F)(F)F)c1.